The highest BCUT2D eigenvalue weighted by Gasteiger charge is 2.31. The third-order valence-electron chi connectivity index (χ3n) is 7.85. The van der Waals surface area contributed by atoms with E-state index >= 15 is 0 Å². The van der Waals surface area contributed by atoms with Gasteiger partial charge >= 0.3 is 17.1 Å². The van der Waals surface area contributed by atoms with Crippen LogP contribution in [0.15, 0.2) is 95.1 Å². The molecule has 0 spiro atoms. The van der Waals surface area contributed by atoms with Crippen LogP contribution in [0.3, 0.4) is 0 Å². The summed E-state index contributed by atoms with van der Waals surface area (Å²) in [7, 11) is 8.24. The van der Waals surface area contributed by atoms with Crippen molar-refractivity contribution in [2.24, 2.45) is 0 Å². The molecular weight excluding hydrogens is 906 g/mol. The zero-order chi connectivity index (χ0) is 35.3. The molecule has 0 amide bonds. The quantitative estimate of drug-likeness (QED) is 0.0920. The number of carboxylic acids is 1. The number of aromatic carboxylic acids is 1. The summed E-state index contributed by atoms with van der Waals surface area (Å²) in [5, 5.41) is 32.8. The van der Waals surface area contributed by atoms with Crippen LogP contribution in [0.25, 0.3) is 53.9 Å². The summed E-state index contributed by atoms with van der Waals surface area (Å²) in [6.45, 7) is 0. The lowest BCUT2D eigenvalue weighted by Gasteiger charge is -2.13. The van der Waals surface area contributed by atoms with Gasteiger partial charge in [-0.2, -0.15) is 0 Å². The summed E-state index contributed by atoms with van der Waals surface area (Å²) in [6, 6.07) is 22.8. The Morgan fingerprint density at radius 2 is 1.45 bits per heavy atom. The van der Waals surface area contributed by atoms with Crippen molar-refractivity contribution in [3.8, 4) is 33.2 Å². The molecule has 0 atom stereocenters. The van der Waals surface area contributed by atoms with Gasteiger partial charge in [-0.3, -0.25) is 0 Å². The van der Waals surface area contributed by atoms with Crippen LogP contribution < -0.4 is 14.8 Å². The van der Waals surface area contributed by atoms with Gasteiger partial charge in [-0.1, -0.05) is 18.2 Å². The first-order valence-corrected chi connectivity index (χ1v) is 18.6. The van der Waals surface area contributed by atoms with E-state index < -0.39 is 5.97 Å². The zero-order valence-corrected chi connectivity index (χ0v) is 33.5. The van der Waals surface area contributed by atoms with Gasteiger partial charge in [0.15, 0.2) is 20.4 Å². The van der Waals surface area contributed by atoms with Crippen LogP contribution in [0.4, 0.5) is 5.69 Å². The molecule has 0 fully saturated rings. The SMILES string of the molecule is CN(C)c1ccc2nc3ccc(=[N+](C)C)cc-3sc2c1.O=C(O)c1ccccc1-c1c2cc(Br)c(O)c(Br)c2[o+]c2c(Br)c(O)c(Br)cc12. The molecule has 1 aliphatic carbocycles. The standard InChI is InChI=1S/C20H8Br4O5.C16H18N3S/c21-11-5-9-13(7-3-1-2-4-8(7)20(27)28)10-6-12(22)17(26)15(24)19(10)29-18(9)14(23)16(11)25;1-18(2)11-5-7-13-15(9-11)20-16-10-12(19(3)4)6-8-14(16)17-13/h1-6H,(H2-,25,26,27,28);5-10H,1-4H3/q;+1/p+1. The summed E-state index contributed by atoms with van der Waals surface area (Å²) in [5.74, 6) is -1.19. The lowest BCUT2D eigenvalue weighted by atomic mass is 9.93. The van der Waals surface area contributed by atoms with Crippen LogP contribution in [0.1, 0.15) is 10.4 Å². The van der Waals surface area contributed by atoms with E-state index in [1.54, 1.807) is 41.7 Å². The van der Waals surface area contributed by atoms with Crippen molar-refractivity contribution >= 4 is 119 Å². The van der Waals surface area contributed by atoms with Gasteiger partial charge in [0.1, 0.15) is 14.1 Å². The number of nitrogens with zero attached hydrogens (tertiary/aromatic N) is 3. The minimum Gasteiger partial charge on any atom is -0.505 e. The lowest BCUT2D eigenvalue weighted by Crippen LogP contribution is -2.21. The molecule has 0 saturated heterocycles. The second kappa shape index (κ2) is 13.9. The predicted molar refractivity (Wildman–Crippen MR) is 212 cm³/mol. The Balaban J connectivity index is 0.000000182. The van der Waals surface area contributed by atoms with Crippen LogP contribution in [-0.4, -0.2) is 54.5 Å². The number of carbonyl (C=O) groups is 1. The number of rotatable bonds is 3. The summed E-state index contributed by atoms with van der Waals surface area (Å²) in [6.07, 6.45) is 0. The van der Waals surface area contributed by atoms with Gasteiger partial charge in [0.2, 0.25) is 5.36 Å². The molecule has 0 saturated carbocycles. The van der Waals surface area contributed by atoms with E-state index in [0.29, 0.717) is 51.0 Å². The molecule has 13 heteroatoms. The molecule has 7 rings (SSSR count). The van der Waals surface area contributed by atoms with E-state index in [1.807, 2.05) is 0 Å². The number of phenols is 2. The summed E-state index contributed by atoms with van der Waals surface area (Å²) in [5.41, 5.74) is 5.10. The Labute approximate surface area is 318 Å². The Morgan fingerprint density at radius 3 is 2.02 bits per heavy atom. The Bertz CT molecular complexity index is 2440. The molecule has 49 heavy (non-hydrogen) atoms. The largest absolute Gasteiger partial charge is 0.505 e. The van der Waals surface area contributed by atoms with E-state index in [4.69, 9.17) is 9.40 Å². The minimum atomic E-state index is -1.07. The molecule has 0 bridgehead atoms. The molecule has 1 aliphatic heterocycles. The van der Waals surface area contributed by atoms with Crippen molar-refractivity contribution in [1.82, 2.24) is 9.56 Å². The summed E-state index contributed by atoms with van der Waals surface area (Å²) >= 11 is 15.2. The molecule has 2 aliphatic rings. The van der Waals surface area contributed by atoms with Gasteiger partial charge in [0.05, 0.1) is 46.1 Å². The number of phenolic OH excluding ortho intramolecular Hbond substituents is 2. The van der Waals surface area contributed by atoms with E-state index in [1.165, 1.54) is 26.7 Å². The fraction of sp³-hybridized carbons (Fsp3) is 0.111. The first kappa shape index (κ1) is 35.2. The lowest BCUT2D eigenvalue weighted by molar-refractivity contribution is 0.0697. The maximum atomic E-state index is 11.9. The van der Waals surface area contributed by atoms with Crippen LogP contribution >= 0.6 is 75.1 Å². The third-order valence-corrected chi connectivity index (χ3v) is 11.6. The minimum absolute atomic E-state index is 0.0597. The molecule has 2 heterocycles. The van der Waals surface area contributed by atoms with Crippen molar-refractivity contribution in [3.05, 3.63) is 102 Å². The van der Waals surface area contributed by atoms with Gasteiger partial charge in [0.25, 0.3) is 0 Å². The molecular formula is C36H27Br4N3O5S+2. The number of aromatic hydroxyl groups is 2. The number of hydrogen-bond acceptors (Lipinski definition) is 6. The van der Waals surface area contributed by atoms with E-state index in [9.17, 15) is 20.1 Å². The Kier molecular flexibility index (Phi) is 10.0. The van der Waals surface area contributed by atoms with Crippen molar-refractivity contribution in [1.29, 1.82) is 0 Å². The molecule has 248 valence electrons. The van der Waals surface area contributed by atoms with Crippen molar-refractivity contribution in [2.45, 2.75) is 0 Å². The molecule has 5 aromatic rings. The van der Waals surface area contributed by atoms with Crippen molar-refractivity contribution in [3.63, 3.8) is 0 Å². The van der Waals surface area contributed by atoms with Gasteiger partial charge in [-0.15, -0.1) is 11.3 Å². The van der Waals surface area contributed by atoms with Crippen LogP contribution in [0.2, 0.25) is 0 Å². The smallest absolute Gasteiger partial charge is 0.379 e. The maximum Gasteiger partial charge on any atom is 0.379 e. The molecule has 0 radical (unpaired) electrons. The first-order chi connectivity index (χ1) is 23.3. The van der Waals surface area contributed by atoms with Gasteiger partial charge in [-0.05, 0) is 112 Å². The maximum absolute atomic E-state index is 11.9. The van der Waals surface area contributed by atoms with Crippen molar-refractivity contribution in [2.75, 3.05) is 33.1 Å². The summed E-state index contributed by atoms with van der Waals surface area (Å²) in [4.78, 5) is 20.0. The van der Waals surface area contributed by atoms with Gasteiger partial charge in [-0.25, -0.2) is 18.8 Å². The molecule has 3 N–H and O–H groups in total. The Hall–Kier alpha value is -3.62. The fourth-order valence-electron chi connectivity index (χ4n) is 5.34. The monoisotopic (exact) mass is 929 g/mol. The number of carboxylic acid groups (broad SMARTS) is 1. The Morgan fingerprint density at radius 1 is 0.837 bits per heavy atom. The summed E-state index contributed by atoms with van der Waals surface area (Å²) < 4.78 is 10.8. The second-order valence-electron chi connectivity index (χ2n) is 11.4. The fourth-order valence-corrected chi connectivity index (χ4v) is 8.77. The number of halogens is 4. The van der Waals surface area contributed by atoms with E-state index in [-0.39, 0.29) is 17.1 Å². The highest BCUT2D eigenvalue weighted by molar-refractivity contribution is 9.11. The van der Waals surface area contributed by atoms with Gasteiger partial charge < -0.3 is 20.2 Å². The number of hydrogen-bond donors (Lipinski definition) is 3. The number of aromatic nitrogens is 1. The highest BCUT2D eigenvalue weighted by atomic mass is 79.9. The number of benzene rings is 5. The highest BCUT2D eigenvalue weighted by Crippen LogP contribution is 2.49. The number of anilines is 1. The topological polar surface area (TPSA) is 108 Å². The molecule has 4 aromatic carbocycles. The van der Waals surface area contributed by atoms with Crippen LogP contribution in [0, 0.1) is 0 Å². The average molecular weight is 933 g/mol. The third kappa shape index (κ3) is 6.66. The molecule has 8 nitrogen and oxygen atoms in total. The predicted octanol–water partition coefficient (Wildman–Crippen LogP) is 10.2. The molecule has 0 unspecified atom stereocenters. The van der Waals surface area contributed by atoms with E-state index in [0.717, 1.165) is 11.2 Å². The van der Waals surface area contributed by atoms with Crippen LogP contribution in [0.5, 0.6) is 11.5 Å². The second-order valence-corrected chi connectivity index (χ2v) is 15.8. The normalized spacial score (nSPS) is 11.2. The van der Waals surface area contributed by atoms with Crippen molar-refractivity contribution < 1.29 is 24.5 Å². The first-order valence-electron chi connectivity index (χ1n) is 14.6. The molecule has 1 aromatic heterocycles. The van der Waals surface area contributed by atoms with Crippen LogP contribution in [-0.2, 0) is 0 Å². The van der Waals surface area contributed by atoms with E-state index in [2.05, 4.69) is 138 Å². The zero-order valence-electron chi connectivity index (χ0n) is 26.3. The number of fused-ring (bicyclic) bond motifs is 4. The average Bonchev–Trinajstić information content (AvgIpc) is 3.08. The van der Waals surface area contributed by atoms with Gasteiger partial charge in [0, 0.05) is 37.5 Å².